The van der Waals surface area contributed by atoms with Crippen molar-refractivity contribution in [3.63, 3.8) is 0 Å². The summed E-state index contributed by atoms with van der Waals surface area (Å²) in [4.78, 5) is 0. The molecule has 2 heteroatoms. The highest BCUT2D eigenvalue weighted by Gasteiger charge is 2.24. The van der Waals surface area contributed by atoms with E-state index in [1.54, 1.807) is 0 Å². The molecule has 20 heavy (non-hydrogen) atoms. The fourth-order valence-corrected chi connectivity index (χ4v) is 3.73. The van der Waals surface area contributed by atoms with Gasteiger partial charge in [-0.05, 0) is 24.3 Å². The molecule has 0 aliphatic heterocycles. The summed E-state index contributed by atoms with van der Waals surface area (Å²) in [6, 6.07) is 11.5. The molecule has 1 fully saturated rings. The van der Waals surface area contributed by atoms with E-state index in [-0.39, 0.29) is 0 Å². The molecule has 1 nitrogen and oxygen atoms in total. The molecule has 1 unspecified atom stereocenters. The molecule has 1 saturated carbocycles. The van der Waals surface area contributed by atoms with Crippen LogP contribution in [0.2, 0.25) is 0 Å². The summed E-state index contributed by atoms with van der Waals surface area (Å²) >= 11 is 1.96. The van der Waals surface area contributed by atoms with E-state index >= 15 is 0 Å². The number of hydrogen-bond donors (Lipinski definition) is 1. The Morgan fingerprint density at radius 3 is 2.65 bits per heavy atom. The van der Waals surface area contributed by atoms with E-state index in [4.69, 9.17) is 0 Å². The molecule has 0 bridgehead atoms. The smallest absolute Gasteiger partial charge is 0.0348 e. The van der Waals surface area contributed by atoms with Crippen LogP contribution in [0.1, 0.15) is 43.7 Å². The van der Waals surface area contributed by atoms with Crippen molar-refractivity contribution in [1.82, 2.24) is 5.32 Å². The molecule has 0 saturated heterocycles. The molecular weight excluding hydrogens is 262 g/mol. The summed E-state index contributed by atoms with van der Waals surface area (Å²) in [6.45, 7) is 4.87. The highest BCUT2D eigenvalue weighted by atomic mass is 32.2. The van der Waals surface area contributed by atoms with E-state index in [1.807, 2.05) is 17.8 Å². The molecule has 1 N–H and O–H groups in total. The average Bonchev–Trinajstić information content (AvgIpc) is 2.53. The van der Waals surface area contributed by atoms with Crippen molar-refractivity contribution in [3.8, 4) is 0 Å². The Bertz CT molecular complexity index is 370. The molecular formula is C18H27NS. The van der Waals surface area contributed by atoms with Gasteiger partial charge in [0.1, 0.15) is 0 Å². The first-order valence-electron chi connectivity index (χ1n) is 7.89. The van der Waals surface area contributed by atoms with Crippen molar-refractivity contribution in [2.45, 2.75) is 38.1 Å². The summed E-state index contributed by atoms with van der Waals surface area (Å²) in [5.41, 5.74) is 1.47. The molecule has 0 spiro atoms. The zero-order valence-electron chi connectivity index (χ0n) is 12.4. The van der Waals surface area contributed by atoms with Gasteiger partial charge in [-0.3, -0.25) is 0 Å². The van der Waals surface area contributed by atoms with Gasteiger partial charge >= 0.3 is 0 Å². The van der Waals surface area contributed by atoms with Crippen molar-refractivity contribution < 1.29 is 0 Å². The van der Waals surface area contributed by atoms with Gasteiger partial charge < -0.3 is 5.32 Å². The minimum absolute atomic E-state index is 0.542. The van der Waals surface area contributed by atoms with Crippen molar-refractivity contribution in [3.05, 3.63) is 48.6 Å². The van der Waals surface area contributed by atoms with Crippen LogP contribution in [0.4, 0.5) is 0 Å². The van der Waals surface area contributed by atoms with Gasteiger partial charge in [0.2, 0.25) is 0 Å². The molecule has 1 aliphatic rings. The maximum absolute atomic E-state index is 3.81. The Morgan fingerprint density at radius 1 is 1.20 bits per heavy atom. The van der Waals surface area contributed by atoms with E-state index < -0.39 is 0 Å². The lowest BCUT2D eigenvalue weighted by molar-refractivity contribution is 0.275. The lowest BCUT2D eigenvalue weighted by atomic mass is 9.81. The Morgan fingerprint density at radius 2 is 1.95 bits per heavy atom. The Balaban J connectivity index is 1.91. The summed E-state index contributed by atoms with van der Waals surface area (Å²) in [7, 11) is 0. The van der Waals surface area contributed by atoms with Gasteiger partial charge in [0.15, 0.2) is 0 Å². The van der Waals surface area contributed by atoms with Gasteiger partial charge in [0.25, 0.3) is 0 Å². The second-order valence-electron chi connectivity index (χ2n) is 5.60. The van der Waals surface area contributed by atoms with Crippen molar-refractivity contribution >= 4 is 11.8 Å². The van der Waals surface area contributed by atoms with Gasteiger partial charge in [-0.1, -0.05) is 55.7 Å². The second kappa shape index (κ2) is 9.25. The Hall–Kier alpha value is -0.730. The highest BCUT2D eigenvalue weighted by molar-refractivity contribution is 7.99. The Labute approximate surface area is 128 Å². The van der Waals surface area contributed by atoms with Crippen LogP contribution in [-0.2, 0) is 0 Å². The minimum atomic E-state index is 0.542. The SMILES string of the molecule is C=CCSCCNC(c1ccccc1)C1CCCCC1. The molecule has 1 aromatic rings. The molecule has 0 aromatic heterocycles. The zero-order valence-corrected chi connectivity index (χ0v) is 13.2. The lowest BCUT2D eigenvalue weighted by Crippen LogP contribution is -2.31. The van der Waals surface area contributed by atoms with E-state index in [9.17, 15) is 0 Å². The van der Waals surface area contributed by atoms with Crippen LogP contribution in [0, 0.1) is 5.92 Å². The molecule has 1 aromatic carbocycles. The normalized spacial score (nSPS) is 17.8. The number of thioether (sulfide) groups is 1. The predicted octanol–water partition coefficient (Wildman–Crippen LogP) is 4.82. The third-order valence-electron chi connectivity index (χ3n) is 4.13. The first kappa shape index (κ1) is 15.7. The van der Waals surface area contributed by atoms with E-state index in [1.165, 1.54) is 43.4 Å². The maximum atomic E-state index is 3.81. The van der Waals surface area contributed by atoms with Crippen LogP contribution >= 0.6 is 11.8 Å². The maximum Gasteiger partial charge on any atom is 0.0348 e. The van der Waals surface area contributed by atoms with Crippen LogP contribution in [0.25, 0.3) is 0 Å². The zero-order chi connectivity index (χ0) is 14.0. The summed E-state index contributed by atoms with van der Waals surface area (Å²) in [6.07, 6.45) is 8.98. The van der Waals surface area contributed by atoms with Crippen LogP contribution < -0.4 is 5.32 Å². The van der Waals surface area contributed by atoms with Gasteiger partial charge in [0, 0.05) is 24.1 Å². The third-order valence-corrected chi connectivity index (χ3v) is 5.09. The summed E-state index contributed by atoms with van der Waals surface area (Å²) in [5.74, 6) is 3.04. The molecule has 0 radical (unpaired) electrons. The number of hydrogen-bond acceptors (Lipinski definition) is 2. The summed E-state index contributed by atoms with van der Waals surface area (Å²) < 4.78 is 0. The van der Waals surface area contributed by atoms with E-state index in [2.05, 4.69) is 42.2 Å². The van der Waals surface area contributed by atoms with Crippen molar-refractivity contribution in [2.24, 2.45) is 5.92 Å². The Kier molecular flexibility index (Phi) is 7.24. The minimum Gasteiger partial charge on any atom is -0.309 e. The third kappa shape index (κ3) is 4.99. The standard InChI is InChI=1S/C18H27NS/c1-2-14-20-15-13-19-18(16-9-5-3-6-10-16)17-11-7-4-8-12-17/h2-3,5-6,9-10,17-19H,1,4,7-8,11-15H2. The topological polar surface area (TPSA) is 12.0 Å². The number of nitrogens with one attached hydrogen (secondary N) is 1. The fraction of sp³-hybridized carbons (Fsp3) is 0.556. The first-order chi connectivity index (χ1) is 9.92. The number of rotatable bonds is 8. The molecule has 1 aliphatic carbocycles. The molecule has 0 amide bonds. The van der Waals surface area contributed by atoms with Gasteiger partial charge in [-0.25, -0.2) is 0 Å². The second-order valence-corrected chi connectivity index (χ2v) is 6.75. The quantitative estimate of drug-likeness (QED) is 0.544. The van der Waals surface area contributed by atoms with Gasteiger partial charge in [-0.2, -0.15) is 11.8 Å². The van der Waals surface area contributed by atoms with Gasteiger partial charge in [-0.15, -0.1) is 6.58 Å². The van der Waals surface area contributed by atoms with Crippen LogP contribution in [-0.4, -0.2) is 18.1 Å². The van der Waals surface area contributed by atoms with Crippen LogP contribution in [0.15, 0.2) is 43.0 Å². The van der Waals surface area contributed by atoms with Crippen molar-refractivity contribution in [1.29, 1.82) is 0 Å². The van der Waals surface area contributed by atoms with Gasteiger partial charge in [0.05, 0.1) is 0 Å². The summed E-state index contributed by atoms with van der Waals surface area (Å²) in [5, 5.41) is 3.81. The van der Waals surface area contributed by atoms with E-state index in [0.717, 1.165) is 18.2 Å². The average molecular weight is 289 g/mol. The largest absolute Gasteiger partial charge is 0.309 e. The lowest BCUT2D eigenvalue weighted by Gasteiger charge is -2.31. The molecule has 0 heterocycles. The van der Waals surface area contributed by atoms with Crippen LogP contribution in [0.5, 0.6) is 0 Å². The first-order valence-corrected chi connectivity index (χ1v) is 9.04. The van der Waals surface area contributed by atoms with Crippen molar-refractivity contribution in [2.75, 3.05) is 18.1 Å². The molecule has 2 rings (SSSR count). The number of benzene rings is 1. The predicted molar refractivity (Wildman–Crippen MR) is 91.3 cm³/mol. The molecule has 1 atom stereocenters. The van der Waals surface area contributed by atoms with E-state index in [0.29, 0.717) is 6.04 Å². The monoisotopic (exact) mass is 289 g/mol. The highest BCUT2D eigenvalue weighted by Crippen LogP contribution is 2.34. The fourth-order valence-electron chi connectivity index (χ4n) is 3.14. The molecule has 110 valence electrons. The van der Waals surface area contributed by atoms with Crippen LogP contribution in [0.3, 0.4) is 0 Å².